The zero-order valence-electron chi connectivity index (χ0n) is 10.0. The van der Waals surface area contributed by atoms with Gasteiger partial charge in [0.25, 0.3) is 0 Å². The number of aromatic nitrogens is 4. The molecule has 0 aliphatic carbocycles. The Morgan fingerprint density at radius 3 is 2.72 bits per heavy atom. The van der Waals surface area contributed by atoms with Crippen LogP contribution in [0.5, 0.6) is 0 Å². The van der Waals surface area contributed by atoms with Crippen LogP contribution in [-0.2, 0) is 6.42 Å². The van der Waals surface area contributed by atoms with Crippen LogP contribution in [0.4, 0.5) is 11.5 Å². The number of hydrogen-bond acceptors (Lipinski definition) is 4. The van der Waals surface area contributed by atoms with E-state index in [0.717, 1.165) is 23.4 Å². The fourth-order valence-corrected chi connectivity index (χ4v) is 1.82. The number of aromatic amines is 1. The van der Waals surface area contributed by atoms with Crippen LogP contribution in [0.1, 0.15) is 12.5 Å². The van der Waals surface area contributed by atoms with E-state index in [0.29, 0.717) is 5.65 Å². The van der Waals surface area contributed by atoms with E-state index in [9.17, 15) is 0 Å². The van der Waals surface area contributed by atoms with Crippen LogP contribution in [0, 0.1) is 0 Å². The lowest BCUT2D eigenvalue weighted by Gasteiger charge is -2.06. The molecule has 3 aromatic rings. The summed E-state index contributed by atoms with van der Waals surface area (Å²) in [6, 6.07) is 8.30. The quantitative estimate of drug-likeness (QED) is 0.737. The van der Waals surface area contributed by atoms with E-state index in [2.05, 4.69) is 44.3 Å². The zero-order chi connectivity index (χ0) is 12.4. The first-order valence-corrected chi connectivity index (χ1v) is 5.87. The highest BCUT2D eigenvalue weighted by molar-refractivity contribution is 5.84. The molecular formula is C13H13N5. The summed E-state index contributed by atoms with van der Waals surface area (Å²) in [4.78, 5) is 15.4. The van der Waals surface area contributed by atoms with Crippen LogP contribution in [0.3, 0.4) is 0 Å². The van der Waals surface area contributed by atoms with E-state index in [4.69, 9.17) is 0 Å². The highest BCUT2D eigenvalue weighted by atomic mass is 15.1. The minimum atomic E-state index is 0.665. The van der Waals surface area contributed by atoms with Crippen molar-refractivity contribution in [2.45, 2.75) is 13.3 Å². The molecule has 3 rings (SSSR count). The summed E-state index contributed by atoms with van der Waals surface area (Å²) in [7, 11) is 0. The highest BCUT2D eigenvalue weighted by Gasteiger charge is 2.05. The molecule has 2 heterocycles. The molecule has 0 spiro atoms. The summed E-state index contributed by atoms with van der Waals surface area (Å²) in [5, 5.41) is 3.26. The SMILES string of the molecule is CCc1ccc(Nc2ncnc3nc[nH]c23)cc1. The number of benzene rings is 1. The Morgan fingerprint density at radius 1 is 1.11 bits per heavy atom. The molecule has 0 bridgehead atoms. The minimum Gasteiger partial charge on any atom is -0.340 e. The molecule has 0 atom stereocenters. The third-order valence-corrected chi connectivity index (χ3v) is 2.85. The zero-order valence-corrected chi connectivity index (χ0v) is 10.0. The normalized spacial score (nSPS) is 10.7. The first-order chi connectivity index (χ1) is 8.86. The Bertz CT molecular complexity index is 656. The second kappa shape index (κ2) is 4.44. The predicted molar refractivity (Wildman–Crippen MR) is 70.8 cm³/mol. The van der Waals surface area contributed by atoms with Gasteiger partial charge in [0.05, 0.1) is 6.33 Å². The molecule has 2 N–H and O–H groups in total. The lowest BCUT2D eigenvalue weighted by atomic mass is 10.1. The number of imidazole rings is 1. The van der Waals surface area contributed by atoms with Gasteiger partial charge in [-0.05, 0) is 24.1 Å². The average Bonchev–Trinajstić information content (AvgIpc) is 2.89. The van der Waals surface area contributed by atoms with Crippen molar-refractivity contribution in [3.8, 4) is 0 Å². The molecule has 0 fully saturated rings. The van der Waals surface area contributed by atoms with E-state index in [1.54, 1.807) is 6.33 Å². The number of nitrogens with one attached hydrogen (secondary N) is 2. The Hall–Kier alpha value is -2.43. The van der Waals surface area contributed by atoms with Gasteiger partial charge < -0.3 is 10.3 Å². The Kier molecular flexibility index (Phi) is 2.64. The van der Waals surface area contributed by atoms with E-state index in [1.165, 1.54) is 11.9 Å². The lowest BCUT2D eigenvalue weighted by Crippen LogP contribution is -1.95. The molecule has 18 heavy (non-hydrogen) atoms. The van der Waals surface area contributed by atoms with Crippen molar-refractivity contribution < 1.29 is 0 Å². The summed E-state index contributed by atoms with van der Waals surface area (Å²) in [6.07, 6.45) is 4.16. The van der Waals surface area contributed by atoms with Gasteiger partial charge in [-0.1, -0.05) is 19.1 Å². The maximum atomic E-state index is 4.22. The van der Waals surface area contributed by atoms with Crippen LogP contribution in [0.25, 0.3) is 11.2 Å². The summed E-state index contributed by atoms with van der Waals surface area (Å²) < 4.78 is 0. The van der Waals surface area contributed by atoms with Gasteiger partial charge in [0.2, 0.25) is 0 Å². The van der Waals surface area contributed by atoms with Gasteiger partial charge in [-0.3, -0.25) is 0 Å². The van der Waals surface area contributed by atoms with Gasteiger partial charge in [0.15, 0.2) is 11.5 Å². The summed E-state index contributed by atoms with van der Waals surface area (Å²) in [5.41, 5.74) is 3.80. The van der Waals surface area contributed by atoms with E-state index < -0.39 is 0 Å². The van der Waals surface area contributed by atoms with Crippen LogP contribution in [0.15, 0.2) is 36.9 Å². The number of hydrogen-bond donors (Lipinski definition) is 2. The number of nitrogens with zero attached hydrogens (tertiary/aromatic N) is 3. The number of aryl methyl sites for hydroxylation is 1. The first kappa shape index (κ1) is 10.7. The monoisotopic (exact) mass is 239 g/mol. The first-order valence-electron chi connectivity index (χ1n) is 5.87. The molecular weight excluding hydrogens is 226 g/mol. The van der Waals surface area contributed by atoms with Crippen LogP contribution in [-0.4, -0.2) is 19.9 Å². The van der Waals surface area contributed by atoms with Gasteiger partial charge in [0, 0.05) is 5.69 Å². The van der Waals surface area contributed by atoms with Crippen molar-refractivity contribution in [2.24, 2.45) is 0 Å². The number of rotatable bonds is 3. The van der Waals surface area contributed by atoms with Gasteiger partial charge >= 0.3 is 0 Å². The maximum absolute atomic E-state index is 4.22. The maximum Gasteiger partial charge on any atom is 0.182 e. The second-order valence-electron chi connectivity index (χ2n) is 4.00. The van der Waals surface area contributed by atoms with E-state index in [-0.39, 0.29) is 0 Å². The van der Waals surface area contributed by atoms with E-state index in [1.807, 2.05) is 12.1 Å². The topological polar surface area (TPSA) is 66.5 Å². The third-order valence-electron chi connectivity index (χ3n) is 2.85. The molecule has 0 saturated heterocycles. The highest BCUT2D eigenvalue weighted by Crippen LogP contribution is 2.20. The molecule has 0 aliphatic rings. The Labute approximate surface area is 104 Å². The Balaban J connectivity index is 1.93. The van der Waals surface area contributed by atoms with Crippen molar-refractivity contribution in [3.05, 3.63) is 42.5 Å². The molecule has 0 aliphatic heterocycles. The largest absolute Gasteiger partial charge is 0.340 e. The van der Waals surface area contributed by atoms with Crippen LogP contribution < -0.4 is 5.32 Å². The van der Waals surface area contributed by atoms with E-state index >= 15 is 0 Å². The van der Waals surface area contributed by atoms with Crippen LogP contribution in [0.2, 0.25) is 0 Å². The smallest absolute Gasteiger partial charge is 0.182 e. The fraction of sp³-hybridized carbons (Fsp3) is 0.154. The minimum absolute atomic E-state index is 0.665. The molecule has 1 aromatic carbocycles. The molecule has 2 aromatic heterocycles. The van der Waals surface area contributed by atoms with Gasteiger partial charge in [0.1, 0.15) is 11.8 Å². The summed E-state index contributed by atoms with van der Waals surface area (Å²) >= 11 is 0. The fourth-order valence-electron chi connectivity index (χ4n) is 1.82. The van der Waals surface area contributed by atoms with Gasteiger partial charge in [-0.25, -0.2) is 15.0 Å². The molecule has 5 heteroatoms. The van der Waals surface area contributed by atoms with Crippen molar-refractivity contribution in [1.82, 2.24) is 19.9 Å². The van der Waals surface area contributed by atoms with Crippen molar-refractivity contribution in [2.75, 3.05) is 5.32 Å². The summed E-state index contributed by atoms with van der Waals surface area (Å²) in [6.45, 7) is 2.14. The predicted octanol–water partition coefficient (Wildman–Crippen LogP) is 2.66. The van der Waals surface area contributed by atoms with Crippen molar-refractivity contribution in [1.29, 1.82) is 0 Å². The van der Waals surface area contributed by atoms with Crippen LogP contribution >= 0.6 is 0 Å². The molecule has 5 nitrogen and oxygen atoms in total. The lowest BCUT2D eigenvalue weighted by molar-refractivity contribution is 1.14. The van der Waals surface area contributed by atoms with Crippen molar-refractivity contribution >= 4 is 22.7 Å². The molecule has 0 radical (unpaired) electrons. The molecule has 0 amide bonds. The number of anilines is 2. The Morgan fingerprint density at radius 2 is 1.94 bits per heavy atom. The molecule has 0 saturated carbocycles. The average molecular weight is 239 g/mol. The summed E-state index contributed by atoms with van der Waals surface area (Å²) in [5.74, 6) is 0.738. The molecule has 90 valence electrons. The third kappa shape index (κ3) is 1.90. The number of fused-ring (bicyclic) bond motifs is 1. The standard InChI is InChI=1S/C13H13N5/c1-2-9-3-5-10(6-4-9)18-13-11-12(15-7-14-11)16-8-17-13/h3-8H,2H2,1H3,(H2,14,15,16,17,18). The van der Waals surface area contributed by atoms with Gasteiger partial charge in [-0.15, -0.1) is 0 Å². The second-order valence-corrected chi connectivity index (χ2v) is 4.00. The van der Waals surface area contributed by atoms with Crippen molar-refractivity contribution in [3.63, 3.8) is 0 Å². The van der Waals surface area contributed by atoms with Gasteiger partial charge in [-0.2, -0.15) is 0 Å². The molecule has 0 unspecified atom stereocenters. The number of H-pyrrole nitrogens is 1.